The molecule has 6 nitrogen and oxygen atoms in total. The maximum Gasteiger partial charge on any atom is 0.260 e. The first kappa shape index (κ1) is 16.8. The highest BCUT2D eigenvalue weighted by atomic mass is 16.5. The number of carbonyl (C=O) groups excluding carboxylic acids is 2. The van der Waals surface area contributed by atoms with Gasteiger partial charge < -0.3 is 21.5 Å². The molecule has 1 aromatic carbocycles. The van der Waals surface area contributed by atoms with Gasteiger partial charge in [0.15, 0.2) is 11.9 Å². The Labute approximate surface area is 124 Å². The van der Waals surface area contributed by atoms with Crippen molar-refractivity contribution in [2.75, 3.05) is 5.73 Å². The van der Waals surface area contributed by atoms with Crippen LogP contribution in [-0.2, 0) is 4.79 Å². The second kappa shape index (κ2) is 7.52. The number of hydrogen-bond acceptors (Lipinski definition) is 4. The number of ether oxygens (including phenoxy) is 1. The molecule has 1 atom stereocenters. The highest BCUT2D eigenvalue weighted by molar-refractivity contribution is 5.97. The fourth-order valence-electron chi connectivity index (χ4n) is 1.92. The van der Waals surface area contributed by atoms with Crippen LogP contribution in [0.5, 0.6) is 5.75 Å². The number of nitrogen functional groups attached to an aromatic ring is 1. The van der Waals surface area contributed by atoms with Crippen molar-refractivity contribution in [1.82, 2.24) is 5.32 Å². The van der Waals surface area contributed by atoms with Crippen LogP contribution < -0.4 is 21.5 Å². The largest absolute Gasteiger partial charge is 0.478 e. The van der Waals surface area contributed by atoms with Crippen molar-refractivity contribution in [2.24, 2.45) is 5.73 Å². The van der Waals surface area contributed by atoms with Gasteiger partial charge in [0.05, 0.1) is 11.3 Å². The molecular weight excluding hydrogens is 270 g/mol. The van der Waals surface area contributed by atoms with E-state index < -0.39 is 12.0 Å². The fraction of sp³-hybridized carbons (Fsp3) is 0.467. The van der Waals surface area contributed by atoms with Gasteiger partial charge >= 0.3 is 0 Å². The molecule has 0 aromatic heterocycles. The van der Waals surface area contributed by atoms with Gasteiger partial charge in [0, 0.05) is 6.04 Å². The third-order valence-electron chi connectivity index (χ3n) is 3.31. The van der Waals surface area contributed by atoms with Gasteiger partial charge in [-0.05, 0) is 31.9 Å². The van der Waals surface area contributed by atoms with E-state index in [-0.39, 0.29) is 28.9 Å². The van der Waals surface area contributed by atoms with Crippen LogP contribution in [0.25, 0.3) is 0 Å². The molecule has 2 amide bonds. The summed E-state index contributed by atoms with van der Waals surface area (Å²) in [6.45, 7) is 5.61. The monoisotopic (exact) mass is 293 g/mol. The molecule has 0 bridgehead atoms. The van der Waals surface area contributed by atoms with E-state index in [9.17, 15) is 9.59 Å². The Morgan fingerprint density at radius 3 is 2.43 bits per heavy atom. The summed E-state index contributed by atoms with van der Waals surface area (Å²) in [6, 6.07) is 4.82. The number of primary amides is 1. The number of rotatable bonds is 7. The van der Waals surface area contributed by atoms with Crippen molar-refractivity contribution >= 4 is 17.5 Å². The van der Waals surface area contributed by atoms with Gasteiger partial charge in [-0.25, -0.2) is 0 Å². The summed E-state index contributed by atoms with van der Waals surface area (Å²) in [5, 5.41) is 2.88. The lowest BCUT2D eigenvalue weighted by Gasteiger charge is -2.21. The minimum Gasteiger partial charge on any atom is -0.478 e. The van der Waals surface area contributed by atoms with E-state index in [2.05, 4.69) is 5.32 Å². The normalized spacial score (nSPS) is 12.0. The Hall–Kier alpha value is -2.24. The van der Waals surface area contributed by atoms with E-state index in [1.165, 1.54) is 6.07 Å². The molecular formula is C15H23N3O3. The van der Waals surface area contributed by atoms with E-state index >= 15 is 0 Å². The van der Waals surface area contributed by atoms with Gasteiger partial charge in [-0.1, -0.05) is 19.9 Å². The SMILES string of the molecule is CCC(CC)NC(=O)C(C)Oc1c(N)cccc1C(N)=O. The van der Waals surface area contributed by atoms with Gasteiger partial charge in [0.2, 0.25) is 0 Å². The number of carbonyl (C=O) groups is 2. The van der Waals surface area contributed by atoms with Gasteiger partial charge in [-0.3, -0.25) is 9.59 Å². The second-order valence-electron chi connectivity index (χ2n) is 4.87. The van der Waals surface area contributed by atoms with Crippen molar-refractivity contribution in [3.8, 4) is 5.75 Å². The molecule has 0 spiro atoms. The summed E-state index contributed by atoms with van der Waals surface area (Å²) in [6.07, 6.45) is 0.914. The predicted molar refractivity (Wildman–Crippen MR) is 82.0 cm³/mol. The van der Waals surface area contributed by atoms with E-state index in [1.807, 2.05) is 13.8 Å². The summed E-state index contributed by atoms with van der Waals surface area (Å²) in [5.41, 5.74) is 11.5. The maximum atomic E-state index is 12.1. The van der Waals surface area contributed by atoms with E-state index in [4.69, 9.17) is 16.2 Å². The average molecular weight is 293 g/mol. The Kier molecular flexibility index (Phi) is 6.02. The molecule has 6 heteroatoms. The molecule has 0 radical (unpaired) electrons. The topological polar surface area (TPSA) is 107 Å². The standard InChI is InChI=1S/C15H23N3O3/c1-4-10(5-2)18-15(20)9(3)21-13-11(14(17)19)7-6-8-12(13)16/h6-10H,4-5,16H2,1-3H3,(H2,17,19)(H,18,20). The maximum absolute atomic E-state index is 12.1. The van der Waals surface area contributed by atoms with Crippen LogP contribution in [0.15, 0.2) is 18.2 Å². The Morgan fingerprint density at radius 1 is 1.29 bits per heavy atom. The third kappa shape index (κ3) is 4.37. The minimum absolute atomic E-state index is 0.104. The van der Waals surface area contributed by atoms with Crippen LogP contribution in [-0.4, -0.2) is 24.0 Å². The first-order chi connectivity index (χ1) is 9.90. The van der Waals surface area contributed by atoms with Crippen molar-refractivity contribution in [3.63, 3.8) is 0 Å². The first-order valence-corrected chi connectivity index (χ1v) is 7.05. The third-order valence-corrected chi connectivity index (χ3v) is 3.31. The summed E-state index contributed by atoms with van der Waals surface area (Å²) in [4.78, 5) is 23.5. The predicted octanol–water partition coefficient (Wildman–Crippen LogP) is 1.44. The van der Waals surface area contributed by atoms with Gasteiger partial charge in [-0.15, -0.1) is 0 Å². The van der Waals surface area contributed by atoms with Gasteiger partial charge in [0.1, 0.15) is 0 Å². The summed E-state index contributed by atoms with van der Waals surface area (Å²) >= 11 is 0. The molecule has 5 N–H and O–H groups in total. The quantitative estimate of drug-likeness (QED) is 0.661. The Bertz CT molecular complexity index is 513. The van der Waals surface area contributed by atoms with Crippen molar-refractivity contribution in [1.29, 1.82) is 0 Å². The van der Waals surface area contributed by atoms with Crippen LogP contribution in [0.1, 0.15) is 44.0 Å². The van der Waals surface area contributed by atoms with E-state index in [1.54, 1.807) is 19.1 Å². The molecule has 0 heterocycles. The van der Waals surface area contributed by atoms with Gasteiger partial charge in [0.25, 0.3) is 11.8 Å². The zero-order valence-electron chi connectivity index (χ0n) is 12.7. The Balaban J connectivity index is 2.86. The lowest BCUT2D eigenvalue weighted by atomic mass is 10.1. The van der Waals surface area contributed by atoms with Crippen LogP contribution in [0, 0.1) is 0 Å². The number of anilines is 1. The molecule has 0 saturated carbocycles. The highest BCUT2D eigenvalue weighted by Gasteiger charge is 2.21. The first-order valence-electron chi connectivity index (χ1n) is 7.05. The van der Waals surface area contributed by atoms with E-state index in [0.29, 0.717) is 0 Å². The highest BCUT2D eigenvalue weighted by Crippen LogP contribution is 2.27. The van der Waals surface area contributed by atoms with Gasteiger partial charge in [-0.2, -0.15) is 0 Å². The molecule has 1 aromatic rings. The lowest BCUT2D eigenvalue weighted by Crippen LogP contribution is -2.42. The summed E-state index contributed by atoms with van der Waals surface area (Å²) in [7, 11) is 0. The summed E-state index contributed by atoms with van der Waals surface area (Å²) < 4.78 is 5.55. The molecule has 0 aliphatic carbocycles. The molecule has 0 aliphatic heterocycles. The molecule has 0 fully saturated rings. The minimum atomic E-state index is -0.770. The number of nitrogens with two attached hydrogens (primary N) is 2. The molecule has 1 rings (SSSR count). The number of amides is 2. The molecule has 116 valence electrons. The zero-order chi connectivity index (χ0) is 16.0. The summed E-state index contributed by atoms with van der Waals surface area (Å²) in [5.74, 6) is -0.746. The van der Waals surface area contributed by atoms with Crippen LogP contribution >= 0.6 is 0 Å². The van der Waals surface area contributed by atoms with Crippen LogP contribution in [0.2, 0.25) is 0 Å². The van der Waals surface area contributed by atoms with Crippen molar-refractivity contribution in [2.45, 2.75) is 45.8 Å². The lowest BCUT2D eigenvalue weighted by molar-refractivity contribution is -0.128. The fourth-order valence-corrected chi connectivity index (χ4v) is 1.92. The van der Waals surface area contributed by atoms with Crippen LogP contribution in [0.4, 0.5) is 5.69 Å². The molecule has 21 heavy (non-hydrogen) atoms. The van der Waals surface area contributed by atoms with Crippen molar-refractivity contribution < 1.29 is 14.3 Å². The van der Waals surface area contributed by atoms with Crippen molar-refractivity contribution in [3.05, 3.63) is 23.8 Å². The number of para-hydroxylation sites is 1. The Morgan fingerprint density at radius 2 is 1.90 bits per heavy atom. The number of hydrogen-bond donors (Lipinski definition) is 3. The number of nitrogens with one attached hydrogen (secondary N) is 1. The van der Waals surface area contributed by atoms with E-state index in [0.717, 1.165) is 12.8 Å². The van der Waals surface area contributed by atoms with Crippen LogP contribution in [0.3, 0.4) is 0 Å². The average Bonchev–Trinajstić information content (AvgIpc) is 2.46. The molecule has 0 saturated heterocycles. The number of benzene rings is 1. The smallest absolute Gasteiger partial charge is 0.260 e. The molecule has 0 aliphatic rings. The molecule has 1 unspecified atom stereocenters. The second-order valence-corrected chi connectivity index (χ2v) is 4.87. The zero-order valence-corrected chi connectivity index (χ0v) is 12.7.